The van der Waals surface area contributed by atoms with Gasteiger partial charge in [0.05, 0.1) is 31.8 Å². The molecule has 1 amide bonds. The summed E-state index contributed by atoms with van der Waals surface area (Å²) in [5, 5.41) is 0. The Bertz CT molecular complexity index is 915. The van der Waals surface area contributed by atoms with Crippen LogP contribution in [0.25, 0.3) is 0 Å². The highest BCUT2D eigenvalue weighted by Crippen LogP contribution is 2.40. The zero-order valence-corrected chi connectivity index (χ0v) is 16.1. The molecule has 0 unspecified atom stereocenters. The molecule has 0 bridgehead atoms. The lowest BCUT2D eigenvalue weighted by Gasteiger charge is -2.44. The van der Waals surface area contributed by atoms with Gasteiger partial charge in [0.2, 0.25) is 0 Å². The minimum atomic E-state index is -0.527. The van der Waals surface area contributed by atoms with E-state index in [4.69, 9.17) is 14.2 Å². The fourth-order valence-corrected chi connectivity index (χ4v) is 4.07. The van der Waals surface area contributed by atoms with Crippen LogP contribution < -0.4 is 14.2 Å². The zero-order valence-electron chi connectivity index (χ0n) is 16.1. The van der Waals surface area contributed by atoms with Crippen molar-refractivity contribution in [2.75, 3.05) is 27.3 Å². The van der Waals surface area contributed by atoms with Gasteiger partial charge in [-0.15, -0.1) is 0 Å². The first kappa shape index (κ1) is 18.3. The second-order valence-corrected chi connectivity index (χ2v) is 7.21. The lowest BCUT2D eigenvalue weighted by Crippen LogP contribution is -2.52. The van der Waals surface area contributed by atoms with Gasteiger partial charge in [0, 0.05) is 25.9 Å². The third kappa shape index (κ3) is 3.09. The number of nitrogens with zero attached hydrogens (tertiary/aromatic N) is 1. The summed E-state index contributed by atoms with van der Waals surface area (Å²) >= 11 is 0. The molecule has 1 spiro atoms. The number of methoxy groups -OCH3 is 2. The van der Waals surface area contributed by atoms with E-state index in [-0.39, 0.29) is 11.7 Å². The summed E-state index contributed by atoms with van der Waals surface area (Å²) in [6.45, 7) is 1.04. The molecule has 1 fully saturated rings. The topological polar surface area (TPSA) is 65.1 Å². The maximum Gasteiger partial charge on any atom is 0.257 e. The molecule has 2 aromatic carbocycles. The SMILES string of the molecule is COc1cccc(C(=O)N2CCC3(CC2)CC(=O)c2ccccc2O3)c1OC. The number of benzene rings is 2. The number of Topliss-reactive ketones (excluding diaryl/α,β-unsaturated/α-hetero) is 1. The van der Waals surface area contributed by atoms with Crippen molar-refractivity contribution < 1.29 is 23.8 Å². The standard InChI is InChI=1S/C22H23NO5/c1-26-19-9-5-7-16(20(19)27-2)21(25)23-12-10-22(11-13-23)14-17(24)15-6-3-4-8-18(15)28-22/h3-9H,10-14H2,1-2H3. The monoisotopic (exact) mass is 381 g/mol. The third-order valence-electron chi connectivity index (χ3n) is 5.59. The molecule has 0 aromatic heterocycles. The number of amides is 1. The van der Waals surface area contributed by atoms with E-state index in [2.05, 4.69) is 0 Å². The van der Waals surface area contributed by atoms with Gasteiger partial charge in [-0.05, 0) is 24.3 Å². The Balaban J connectivity index is 1.51. The molecular weight excluding hydrogens is 358 g/mol. The Morgan fingerprint density at radius 3 is 2.50 bits per heavy atom. The normalized spacial score (nSPS) is 17.6. The van der Waals surface area contributed by atoms with Gasteiger partial charge < -0.3 is 19.1 Å². The molecule has 4 rings (SSSR count). The van der Waals surface area contributed by atoms with Crippen molar-refractivity contribution in [3.8, 4) is 17.2 Å². The van der Waals surface area contributed by atoms with Gasteiger partial charge >= 0.3 is 0 Å². The van der Waals surface area contributed by atoms with E-state index in [0.29, 0.717) is 60.7 Å². The number of para-hydroxylation sites is 2. The molecule has 2 aliphatic rings. The van der Waals surface area contributed by atoms with Crippen LogP contribution in [0.3, 0.4) is 0 Å². The van der Waals surface area contributed by atoms with E-state index in [9.17, 15) is 9.59 Å². The van der Waals surface area contributed by atoms with Crippen LogP contribution >= 0.6 is 0 Å². The second-order valence-electron chi connectivity index (χ2n) is 7.21. The summed E-state index contributed by atoms with van der Waals surface area (Å²) in [5.41, 5.74) is 0.595. The van der Waals surface area contributed by atoms with E-state index in [1.54, 1.807) is 36.3 Å². The number of hydrogen-bond donors (Lipinski definition) is 0. The van der Waals surface area contributed by atoms with Gasteiger partial charge in [0.15, 0.2) is 17.3 Å². The quantitative estimate of drug-likeness (QED) is 0.816. The number of ether oxygens (including phenoxy) is 3. The van der Waals surface area contributed by atoms with Crippen LogP contribution in [0.15, 0.2) is 42.5 Å². The molecule has 2 aliphatic heterocycles. The molecule has 28 heavy (non-hydrogen) atoms. The van der Waals surface area contributed by atoms with Crippen LogP contribution in [0, 0.1) is 0 Å². The van der Waals surface area contributed by atoms with E-state index >= 15 is 0 Å². The van der Waals surface area contributed by atoms with Crippen molar-refractivity contribution in [3.63, 3.8) is 0 Å². The van der Waals surface area contributed by atoms with Crippen molar-refractivity contribution >= 4 is 11.7 Å². The van der Waals surface area contributed by atoms with E-state index in [1.165, 1.54) is 7.11 Å². The predicted octanol–water partition coefficient (Wildman–Crippen LogP) is 3.34. The highest BCUT2D eigenvalue weighted by Gasteiger charge is 2.43. The number of likely N-dealkylation sites (tertiary alicyclic amines) is 1. The smallest absolute Gasteiger partial charge is 0.257 e. The van der Waals surface area contributed by atoms with Crippen LogP contribution in [0.5, 0.6) is 17.2 Å². The molecule has 146 valence electrons. The fraction of sp³-hybridized carbons (Fsp3) is 0.364. The van der Waals surface area contributed by atoms with E-state index in [1.807, 2.05) is 18.2 Å². The predicted molar refractivity (Wildman–Crippen MR) is 103 cm³/mol. The van der Waals surface area contributed by atoms with Crippen molar-refractivity contribution in [2.24, 2.45) is 0 Å². The van der Waals surface area contributed by atoms with Crippen LogP contribution in [-0.4, -0.2) is 49.5 Å². The Kier molecular flexibility index (Phi) is 4.71. The number of fused-ring (bicyclic) bond motifs is 1. The number of rotatable bonds is 3. The third-order valence-corrected chi connectivity index (χ3v) is 5.59. The first-order valence-electron chi connectivity index (χ1n) is 9.38. The van der Waals surface area contributed by atoms with Crippen molar-refractivity contribution in [3.05, 3.63) is 53.6 Å². The molecule has 0 atom stereocenters. The summed E-state index contributed by atoms with van der Waals surface area (Å²) in [4.78, 5) is 27.4. The van der Waals surface area contributed by atoms with Gasteiger partial charge in [-0.25, -0.2) is 0 Å². The average Bonchev–Trinajstić information content (AvgIpc) is 2.73. The summed E-state index contributed by atoms with van der Waals surface area (Å²) in [6, 6.07) is 12.6. The molecule has 0 radical (unpaired) electrons. The van der Waals surface area contributed by atoms with Gasteiger partial charge in [-0.3, -0.25) is 9.59 Å². The van der Waals surface area contributed by atoms with Crippen LogP contribution in [-0.2, 0) is 0 Å². The molecule has 0 aliphatic carbocycles. The number of carbonyl (C=O) groups is 2. The Morgan fingerprint density at radius 1 is 1.04 bits per heavy atom. The van der Waals surface area contributed by atoms with Crippen LogP contribution in [0.1, 0.15) is 40.0 Å². The Morgan fingerprint density at radius 2 is 1.79 bits per heavy atom. The fourth-order valence-electron chi connectivity index (χ4n) is 4.07. The average molecular weight is 381 g/mol. The van der Waals surface area contributed by atoms with Gasteiger partial charge in [-0.1, -0.05) is 18.2 Å². The lowest BCUT2D eigenvalue weighted by molar-refractivity contribution is -0.00577. The molecule has 6 heteroatoms. The summed E-state index contributed by atoms with van der Waals surface area (Å²) in [6.07, 6.45) is 1.59. The molecule has 2 heterocycles. The minimum Gasteiger partial charge on any atom is -0.493 e. The molecule has 6 nitrogen and oxygen atoms in total. The van der Waals surface area contributed by atoms with E-state index < -0.39 is 5.60 Å². The second kappa shape index (κ2) is 7.19. The zero-order chi connectivity index (χ0) is 19.7. The van der Waals surface area contributed by atoms with Crippen LogP contribution in [0.2, 0.25) is 0 Å². The minimum absolute atomic E-state index is 0.104. The van der Waals surface area contributed by atoms with Gasteiger partial charge in [0.1, 0.15) is 11.4 Å². The highest BCUT2D eigenvalue weighted by atomic mass is 16.5. The van der Waals surface area contributed by atoms with E-state index in [0.717, 1.165) is 0 Å². The van der Waals surface area contributed by atoms with Crippen molar-refractivity contribution in [2.45, 2.75) is 24.9 Å². The lowest BCUT2D eigenvalue weighted by atomic mass is 9.82. The summed E-state index contributed by atoms with van der Waals surface area (Å²) in [5.74, 6) is 1.62. The van der Waals surface area contributed by atoms with Gasteiger partial charge in [-0.2, -0.15) is 0 Å². The number of ketones is 1. The molecule has 1 saturated heterocycles. The highest BCUT2D eigenvalue weighted by molar-refractivity contribution is 6.00. The van der Waals surface area contributed by atoms with Crippen molar-refractivity contribution in [1.82, 2.24) is 4.90 Å². The summed E-state index contributed by atoms with van der Waals surface area (Å²) < 4.78 is 16.9. The van der Waals surface area contributed by atoms with Crippen molar-refractivity contribution in [1.29, 1.82) is 0 Å². The largest absolute Gasteiger partial charge is 0.493 e. The maximum atomic E-state index is 13.1. The Labute approximate surface area is 164 Å². The number of piperidine rings is 1. The maximum absolute atomic E-state index is 13.1. The molecule has 0 N–H and O–H groups in total. The molecule has 2 aromatic rings. The first-order chi connectivity index (χ1) is 13.6. The molecule has 0 saturated carbocycles. The Hall–Kier alpha value is -3.02. The molecular formula is C22H23NO5. The van der Waals surface area contributed by atoms with Gasteiger partial charge in [0.25, 0.3) is 5.91 Å². The number of carbonyl (C=O) groups excluding carboxylic acids is 2. The van der Waals surface area contributed by atoms with Crippen LogP contribution in [0.4, 0.5) is 0 Å². The number of hydrogen-bond acceptors (Lipinski definition) is 5. The first-order valence-corrected chi connectivity index (χ1v) is 9.38. The summed E-state index contributed by atoms with van der Waals surface area (Å²) in [7, 11) is 3.07.